The Hall–Kier alpha value is -0.653. The molecule has 0 saturated heterocycles. The first-order valence-electron chi connectivity index (χ1n) is 9.68. The van der Waals surface area contributed by atoms with E-state index in [-0.39, 0.29) is 11.4 Å². The zero-order valence-electron chi connectivity index (χ0n) is 16.7. The Balaban J connectivity index is 2.42. The molecule has 0 aliphatic carbocycles. The van der Waals surface area contributed by atoms with Crippen molar-refractivity contribution < 1.29 is 12.8 Å². The van der Waals surface area contributed by atoms with Crippen LogP contribution < -0.4 is 0 Å². The molecule has 0 N–H and O–H groups in total. The molecule has 0 aliphatic heterocycles. The van der Waals surface area contributed by atoms with Crippen molar-refractivity contribution in [1.29, 1.82) is 0 Å². The van der Waals surface area contributed by atoms with Gasteiger partial charge in [0.15, 0.2) is 18.2 Å². The third kappa shape index (κ3) is 7.23. The molecular weight excluding hydrogens is 348 g/mol. The minimum atomic E-state index is -3.14. The number of rotatable bonds is 12. The van der Waals surface area contributed by atoms with E-state index in [1.54, 1.807) is 24.3 Å². The molecule has 1 aromatic rings. The summed E-state index contributed by atoms with van der Waals surface area (Å²) in [5.41, 5.74) is -0.105. The van der Waals surface area contributed by atoms with Crippen LogP contribution in [0.4, 0.5) is 0 Å². The highest BCUT2D eigenvalue weighted by atomic mass is 32.2. The smallest absolute Gasteiger partial charge is 0.192 e. The van der Waals surface area contributed by atoms with Gasteiger partial charge in [-0.2, -0.15) is 0 Å². The fourth-order valence-corrected chi connectivity index (χ4v) is 7.97. The molecule has 144 valence electrons. The molecule has 0 fully saturated rings. The SMILES string of the molecule is CC[Si](CC)(CC)OC(C)(C)CCCCCS(=O)(=O)c1ccccc1. The van der Waals surface area contributed by atoms with Crippen LogP contribution in [0, 0.1) is 0 Å². The van der Waals surface area contributed by atoms with Gasteiger partial charge < -0.3 is 4.43 Å². The summed E-state index contributed by atoms with van der Waals surface area (Å²) in [6, 6.07) is 12.2. The van der Waals surface area contributed by atoms with Crippen LogP contribution in [0.2, 0.25) is 18.1 Å². The maximum Gasteiger partial charge on any atom is 0.192 e. The van der Waals surface area contributed by atoms with Gasteiger partial charge in [0.05, 0.1) is 16.2 Å². The van der Waals surface area contributed by atoms with E-state index in [1.165, 1.54) is 18.1 Å². The Kier molecular flexibility index (Phi) is 8.85. The molecule has 0 amide bonds. The summed E-state index contributed by atoms with van der Waals surface area (Å²) in [4.78, 5) is 0.434. The van der Waals surface area contributed by atoms with Gasteiger partial charge in [0.1, 0.15) is 0 Å². The predicted octanol–water partition coefficient (Wildman–Crippen LogP) is 5.82. The second-order valence-corrected chi connectivity index (χ2v) is 14.3. The number of benzene rings is 1. The molecule has 0 aromatic heterocycles. The molecule has 0 heterocycles. The molecule has 0 saturated carbocycles. The lowest BCUT2D eigenvalue weighted by Crippen LogP contribution is -2.44. The van der Waals surface area contributed by atoms with Crippen molar-refractivity contribution in [1.82, 2.24) is 0 Å². The van der Waals surface area contributed by atoms with Gasteiger partial charge in [0.25, 0.3) is 0 Å². The highest BCUT2D eigenvalue weighted by Gasteiger charge is 2.35. The average molecular weight is 385 g/mol. The van der Waals surface area contributed by atoms with E-state index in [0.29, 0.717) is 11.3 Å². The van der Waals surface area contributed by atoms with Crippen molar-refractivity contribution in [3.63, 3.8) is 0 Å². The van der Waals surface area contributed by atoms with E-state index < -0.39 is 18.2 Å². The van der Waals surface area contributed by atoms with E-state index in [2.05, 4.69) is 34.6 Å². The van der Waals surface area contributed by atoms with Crippen molar-refractivity contribution in [3.05, 3.63) is 30.3 Å². The van der Waals surface area contributed by atoms with Gasteiger partial charge in [-0.1, -0.05) is 51.8 Å². The molecule has 0 spiro atoms. The zero-order valence-corrected chi connectivity index (χ0v) is 18.5. The van der Waals surface area contributed by atoms with Crippen LogP contribution in [0.25, 0.3) is 0 Å². The lowest BCUT2D eigenvalue weighted by atomic mass is 10.0. The molecule has 0 bridgehead atoms. The molecule has 5 heteroatoms. The van der Waals surface area contributed by atoms with Crippen LogP contribution in [0.15, 0.2) is 35.2 Å². The molecular formula is C20H36O3SSi. The molecule has 0 unspecified atom stereocenters. The molecule has 1 aromatic carbocycles. The highest BCUT2D eigenvalue weighted by Crippen LogP contribution is 2.30. The van der Waals surface area contributed by atoms with Crippen molar-refractivity contribution in [2.24, 2.45) is 0 Å². The predicted molar refractivity (Wildman–Crippen MR) is 109 cm³/mol. The van der Waals surface area contributed by atoms with Gasteiger partial charge in [-0.25, -0.2) is 8.42 Å². The van der Waals surface area contributed by atoms with Crippen LogP contribution in [0.1, 0.15) is 60.3 Å². The fraction of sp³-hybridized carbons (Fsp3) is 0.700. The summed E-state index contributed by atoms with van der Waals surface area (Å²) in [7, 11) is -4.73. The standard InChI is InChI=1S/C20H36O3SSi/c1-6-25(7-2,8-3)23-20(4,5)17-13-10-14-18-24(21,22)19-15-11-9-12-16-19/h9,11-12,15-16H,6-8,10,13-14,17-18H2,1-5H3. The molecule has 3 nitrogen and oxygen atoms in total. The van der Waals surface area contributed by atoms with Crippen LogP contribution in [-0.4, -0.2) is 28.1 Å². The zero-order chi connectivity index (χ0) is 19.0. The summed E-state index contributed by atoms with van der Waals surface area (Å²) in [5, 5.41) is 0. The molecule has 1 rings (SSSR count). The van der Waals surface area contributed by atoms with Crippen molar-refractivity contribution in [2.45, 2.75) is 88.9 Å². The Bertz CT molecular complexity index is 584. The minimum Gasteiger partial charge on any atom is -0.412 e. The van der Waals surface area contributed by atoms with Crippen molar-refractivity contribution in [3.8, 4) is 0 Å². The van der Waals surface area contributed by atoms with Gasteiger partial charge in [0.2, 0.25) is 0 Å². The number of sulfone groups is 1. The molecule has 0 aliphatic rings. The number of hydrogen-bond donors (Lipinski definition) is 0. The Morgan fingerprint density at radius 2 is 1.48 bits per heavy atom. The van der Waals surface area contributed by atoms with E-state index in [4.69, 9.17) is 4.43 Å². The van der Waals surface area contributed by atoms with Crippen LogP contribution in [-0.2, 0) is 14.3 Å². The second kappa shape index (κ2) is 9.88. The lowest BCUT2D eigenvalue weighted by molar-refractivity contribution is 0.0829. The largest absolute Gasteiger partial charge is 0.412 e. The summed E-state index contributed by atoms with van der Waals surface area (Å²) in [6.45, 7) is 11.1. The van der Waals surface area contributed by atoms with Gasteiger partial charge >= 0.3 is 0 Å². The number of unbranched alkanes of at least 4 members (excludes halogenated alkanes) is 2. The quantitative estimate of drug-likeness (QED) is 0.337. The Labute approximate surface area is 156 Å². The second-order valence-electron chi connectivity index (χ2n) is 7.55. The topological polar surface area (TPSA) is 43.4 Å². The minimum absolute atomic E-state index is 0.105. The summed E-state index contributed by atoms with van der Waals surface area (Å²) in [5.74, 6) is 0.232. The van der Waals surface area contributed by atoms with Crippen molar-refractivity contribution >= 4 is 18.2 Å². The van der Waals surface area contributed by atoms with Crippen molar-refractivity contribution in [2.75, 3.05) is 5.75 Å². The van der Waals surface area contributed by atoms with Crippen LogP contribution in [0.5, 0.6) is 0 Å². The fourth-order valence-electron chi connectivity index (χ4n) is 3.37. The molecule has 0 atom stereocenters. The monoisotopic (exact) mass is 384 g/mol. The Morgan fingerprint density at radius 3 is 2.00 bits per heavy atom. The first-order valence-corrected chi connectivity index (χ1v) is 13.9. The normalized spacial score (nSPS) is 13.2. The third-order valence-corrected chi connectivity index (χ3v) is 11.9. The van der Waals surface area contributed by atoms with E-state index in [1.807, 2.05) is 6.07 Å². The van der Waals surface area contributed by atoms with Gasteiger partial charge in [-0.15, -0.1) is 0 Å². The molecule has 25 heavy (non-hydrogen) atoms. The van der Waals surface area contributed by atoms with Gasteiger partial charge in [0, 0.05) is 0 Å². The summed E-state index contributed by atoms with van der Waals surface area (Å²) in [6.07, 6.45) is 3.65. The first-order chi connectivity index (χ1) is 11.7. The first kappa shape index (κ1) is 22.4. The summed E-state index contributed by atoms with van der Waals surface area (Å²) < 4.78 is 31.2. The van der Waals surface area contributed by atoms with E-state index in [9.17, 15) is 8.42 Å². The number of hydrogen-bond acceptors (Lipinski definition) is 3. The van der Waals surface area contributed by atoms with Gasteiger partial charge in [-0.05, 0) is 57.0 Å². The average Bonchev–Trinajstić information content (AvgIpc) is 2.60. The van der Waals surface area contributed by atoms with E-state index in [0.717, 1.165) is 19.3 Å². The summed E-state index contributed by atoms with van der Waals surface area (Å²) >= 11 is 0. The Morgan fingerprint density at radius 1 is 0.920 bits per heavy atom. The lowest BCUT2D eigenvalue weighted by Gasteiger charge is -2.38. The van der Waals surface area contributed by atoms with Crippen LogP contribution >= 0.6 is 0 Å². The maximum atomic E-state index is 12.3. The van der Waals surface area contributed by atoms with Gasteiger partial charge in [-0.3, -0.25) is 0 Å². The third-order valence-electron chi connectivity index (χ3n) is 5.22. The maximum absolute atomic E-state index is 12.3. The van der Waals surface area contributed by atoms with E-state index >= 15 is 0 Å². The highest BCUT2D eigenvalue weighted by molar-refractivity contribution is 7.91. The van der Waals surface area contributed by atoms with Crippen LogP contribution in [0.3, 0.4) is 0 Å². The molecule has 0 radical (unpaired) electrons.